The zero-order valence-electron chi connectivity index (χ0n) is 11.1. The van der Waals surface area contributed by atoms with Crippen LogP contribution in [0.25, 0.3) is 0 Å². The largest absolute Gasteiger partial charge is 0.480 e. The minimum Gasteiger partial charge on any atom is -0.480 e. The Morgan fingerprint density at radius 3 is 2.56 bits per heavy atom. The van der Waals surface area contributed by atoms with Crippen LogP contribution in [0.15, 0.2) is 0 Å². The average Bonchev–Trinajstić information content (AvgIpc) is 2.74. The predicted octanol–water partition coefficient (Wildman–Crippen LogP) is 0.696. The van der Waals surface area contributed by atoms with Gasteiger partial charge < -0.3 is 15.3 Å². The van der Waals surface area contributed by atoms with Crippen LogP contribution < -0.4 is 5.32 Å². The molecule has 0 radical (unpaired) electrons. The first-order valence-electron chi connectivity index (χ1n) is 6.77. The maximum absolute atomic E-state index is 12.4. The second kappa shape index (κ2) is 5.26. The van der Waals surface area contributed by atoms with E-state index in [9.17, 15) is 14.7 Å². The molecular formula is C13H22N2O3. The Bertz CT molecular complexity index is 345. The van der Waals surface area contributed by atoms with Crippen LogP contribution in [0, 0.1) is 11.8 Å². The lowest BCUT2D eigenvalue weighted by atomic mass is 9.91. The number of carbonyl (C=O) groups is 2. The Balaban J connectivity index is 2.09. The molecule has 1 amide bonds. The van der Waals surface area contributed by atoms with Crippen molar-refractivity contribution in [2.45, 2.75) is 45.2 Å². The number of aliphatic carboxylic acids is 1. The van der Waals surface area contributed by atoms with E-state index in [0.717, 1.165) is 19.4 Å². The normalized spacial score (nSPS) is 36.7. The molecule has 0 aliphatic carbocycles. The lowest BCUT2D eigenvalue weighted by Gasteiger charge is -2.38. The number of nitrogens with one attached hydrogen (secondary N) is 1. The number of nitrogens with zero attached hydrogens (tertiary/aromatic N) is 1. The summed E-state index contributed by atoms with van der Waals surface area (Å²) in [6.07, 6.45) is 2.46. The summed E-state index contributed by atoms with van der Waals surface area (Å²) in [5.41, 5.74) is 0. The van der Waals surface area contributed by atoms with Gasteiger partial charge in [-0.2, -0.15) is 0 Å². The molecule has 5 nitrogen and oxygen atoms in total. The fourth-order valence-electron chi connectivity index (χ4n) is 2.98. The molecule has 18 heavy (non-hydrogen) atoms. The van der Waals surface area contributed by atoms with Gasteiger partial charge >= 0.3 is 5.97 Å². The fourth-order valence-corrected chi connectivity index (χ4v) is 2.98. The van der Waals surface area contributed by atoms with Gasteiger partial charge in [0.05, 0.1) is 6.04 Å². The fraction of sp³-hybridized carbons (Fsp3) is 0.846. The average molecular weight is 254 g/mol. The summed E-state index contributed by atoms with van der Waals surface area (Å²) in [7, 11) is 0. The highest BCUT2D eigenvalue weighted by atomic mass is 16.4. The number of piperidine rings is 1. The molecule has 2 rings (SSSR count). The first-order chi connectivity index (χ1) is 8.50. The Labute approximate surface area is 108 Å². The molecule has 0 saturated carbocycles. The third kappa shape index (κ3) is 2.51. The van der Waals surface area contributed by atoms with E-state index >= 15 is 0 Å². The van der Waals surface area contributed by atoms with Gasteiger partial charge in [-0.05, 0) is 37.6 Å². The van der Waals surface area contributed by atoms with E-state index in [-0.39, 0.29) is 11.9 Å². The molecule has 102 valence electrons. The maximum Gasteiger partial charge on any atom is 0.326 e. The van der Waals surface area contributed by atoms with Crippen molar-refractivity contribution in [3.05, 3.63) is 0 Å². The summed E-state index contributed by atoms with van der Waals surface area (Å²) in [5, 5.41) is 12.5. The number of hydrogen-bond donors (Lipinski definition) is 2. The molecule has 2 heterocycles. The van der Waals surface area contributed by atoms with Crippen molar-refractivity contribution in [2.24, 2.45) is 11.8 Å². The number of likely N-dealkylation sites (tertiary alicyclic amines) is 1. The highest BCUT2D eigenvalue weighted by Crippen LogP contribution is 2.25. The van der Waals surface area contributed by atoms with E-state index in [1.165, 1.54) is 0 Å². The van der Waals surface area contributed by atoms with E-state index in [1.54, 1.807) is 4.90 Å². The van der Waals surface area contributed by atoms with Crippen molar-refractivity contribution < 1.29 is 14.7 Å². The van der Waals surface area contributed by atoms with E-state index in [2.05, 4.69) is 5.32 Å². The van der Waals surface area contributed by atoms with E-state index in [1.807, 2.05) is 13.8 Å². The summed E-state index contributed by atoms with van der Waals surface area (Å²) in [6.45, 7) is 5.51. The molecule has 0 bridgehead atoms. The van der Waals surface area contributed by atoms with Crippen molar-refractivity contribution in [2.75, 3.05) is 13.1 Å². The van der Waals surface area contributed by atoms with Gasteiger partial charge in [-0.1, -0.05) is 13.8 Å². The number of carboxylic acids is 1. The lowest BCUT2D eigenvalue weighted by Crippen LogP contribution is -2.55. The van der Waals surface area contributed by atoms with Gasteiger partial charge in [0, 0.05) is 6.54 Å². The minimum absolute atomic E-state index is 0.0284. The molecule has 0 aromatic rings. The summed E-state index contributed by atoms with van der Waals surface area (Å²) in [6, 6.07) is -0.837. The molecule has 4 unspecified atom stereocenters. The minimum atomic E-state index is -0.874. The van der Waals surface area contributed by atoms with Crippen LogP contribution in [0.4, 0.5) is 0 Å². The Kier molecular flexibility index (Phi) is 3.90. The zero-order chi connectivity index (χ0) is 13.3. The molecule has 2 saturated heterocycles. The van der Waals surface area contributed by atoms with E-state index < -0.39 is 12.0 Å². The Morgan fingerprint density at radius 1 is 1.28 bits per heavy atom. The van der Waals surface area contributed by atoms with Crippen molar-refractivity contribution in [1.29, 1.82) is 0 Å². The van der Waals surface area contributed by atoms with Gasteiger partial charge in [0.25, 0.3) is 0 Å². The third-order valence-corrected chi connectivity index (χ3v) is 4.23. The van der Waals surface area contributed by atoms with Crippen LogP contribution in [-0.4, -0.2) is 47.1 Å². The number of hydrogen-bond acceptors (Lipinski definition) is 3. The van der Waals surface area contributed by atoms with Crippen LogP contribution in [0.2, 0.25) is 0 Å². The van der Waals surface area contributed by atoms with Crippen molar-refractivity contribution >= 4 is 11.9 Å². The maximum atomic E-state index is 12.4. The number of carboxylic acid groups (broad SMARTS) is 1. The van der Waals surface area contributed by atoms with Gasteiger partial charge in [-0.25, -0.2) is 4.79 Å². The molecule has 2 N–H and O–H groups in total. The molecule has 2 fully saturated rings. The SMILES string of the molecule is CC1CCN(C(=O)C2NCCC2C)C(C(=O)O)C1. The molecule has 2 aliphatic rings. The molecule has 0 aromatic carbocycles. The van der Waals surface area contributed by atoms with E-state index in [0.29, 0.717) is 24.8 Å². The van der Waals surface area contributed by atoms with Crippen LogP contribution in [-0.2, 0) is 9.59 Å². The van der Waals surface area contributed by atoms with Crippen LogP contribution in [0.5, 0.6) is 0 Å². The molecular weight excluding hydrogens is 232 g/mol. The summed E-state index contributed by atoms with van der Waals surface area (Å²) >= 11 is 0. The summed E-state index contributed by atoms with van der Waals surface area (Å²) in [4.78, 5) is 25.3. The lowest BCUT2D eigenvalue weighted by molar-refractivity contribution is -0.154. The quantitative estimate of drug-likeness (QED) is 0.761. The highest BCUT2D eigenvalue weighted by Gasteiger charge is 2.40. The smallest absolute Gasteiger partial charge is 0.326 e. The van der Waals surface area contributed by atoms with E-state index in [4.69, 9.17) is 0 Å². The Hall–Kier alpha value is -1.10. The summed E-state index contributed by atoms with van der Waals surface area (Å²) in [5.74, 6) is -0.227. The first-order valence-corrected chi connectivity index (χ1v) is 6.77. The van der Waals surface area contributed by atoms with Crippen LogP contribution in [0.3, 0.4) is 0 Å². The molecule has 2 aliphatic heterocycles. The number of amides is 1. The van der Waals surface area contributed by atoms with Crippen LogP contribution in [0.1, 0.15) is 33.1 Å². The molecule has 0 spiro atoms. The van der Waals surface area contributed by atoms with Crippen molar-refractivity contribution in [1.82, 2.24) is 10.2 Å². The highest BCUT2D eigenvalue weighted by molar-refractivity contribution is 5.87. The van der Waals surface area contributed by atoms with Gasteiger partial charge in [-0.15, -0.1) is 0 Å². The van der Waals surface area contributed by atoms with Gasteiger partial charge in [0.2, 0.25) is 5.91 Å². The molecule has 5 heteroatoms. The zero-order valence-corrected chi connectivity index (χ0v) is 11.1. The van der Waals surface area contributed by atoms with Gasteiger partial charge in [0.15, 0.2) is 0 Å². The van der Waals surface area contributed by atoms with Crippen molar-refractivity contribution in [3.8, 4) is 0 Å². The number of rotatable bonds is 2. The topological polar surface area (TPSA) is 69.6 Å². The standard InChI is InChI=1S/C13H22N2O3/c1-8-4-6-15(10(7-8)13(17)18)12(16)11-9(2)3-5-14-11/h8-11,14H,3-7H2,1-2H3,(H,17,18). The summed E-state index contributed by atoms with van der Waals surface area (Å²) < 4.78 is 0. The Morgan fingerprint density at radius 2 is 2.00 bits per heavy atom. The second-order valence-electron chi connectivity index (χ2n) is 5.71. The van der Waals surface area contributed by atoms with Crippen LogP contribution >= 0.6 is 0 Å². The molecule has 0 aromatic heterocycles. The second-order valence-corrected chi connectivity index (χ2v) is 5.71. The van der Waals surface area contributed by atoms with Gasteiger partial charge in [0.1, 0.15) is 6.04 Å². The predicted molar refractivity (Wildman–Crippen MR) is 67.1 cm³/mol. The third-order valence-electron chi connectivity index (χ3n) is 4.23. The van der Waals surface area contributed by atoms with Gasteiger partial charge in [-0.3, -0.25) is 4.79 Å². The molecule has 4 atom stereocenters. The first kappa shape index (κ1) is 13.3. The number of carbonyl (C=O) groups excluding carboxylic acids is 1. The monoisotopic (exact) mass is 254 g/mol. The van der Waals surface area contributed by atoms with Crippen molar-refractivity contribution in [3.63, 3.8) is 0 Å².